The Morgan fingerprint density at radius 2 is 1.50 bits per heavy atom. The smallest absolute Gasteiger partial charge is 0.209 e. The maximum atomic E-state index is 10.1. The Bertz CT molecular complexity index is 176. The molecule has 3 nitrogen and oxygen atoms in total. The van der Waals surface area contributed by atoms with Crippen LogP contribution in [0.4, 0.5) is 0 Å². The van der Waals surface area contributed by atoms with E-state index in [9.17, 15) is 4.89 Å². The first-order valence-electron chi connectivity index (χ1n) is 3.42. The molecule has 12 heavy (non-hydrogen) atoms. The van der Waals surface area contributed by atoms with Crippen molar-refractivity contribution in [2.24, 2.45) is 0 Å². The molecule has 1 aliphatic heterocycles. The van der Waals surface area contributed by atoms with Crippen molar-refractivity contribution in [2.75, 3.05) is 27.2 Å². The normalized spacial score (nSPS) is 26.5. The highest BCUT2D eigenvalue weighted by Crippen LogP contribution is 2.76. The summed E-state index contributed by atoms with van der Waals surface area (Å²) < 4.78 is 1.84. The van der Waals surface area contributed by atoms with Crippen molar-refractivity contribution in [2.45, 2.75) is 3.53 Å². The molecule has 72 valence electrons. The number of alkyl halides is 3. The molecule has 0 unspecified atom stereocenters. The standard InChI is InChI=1S/C5H11Cl3N2OP/c1-9-3-4-10(2)12(9,11)5(6,7)8/h11H,3-4H2,1-2H3/q+1. The van der Waals surface area contributed by atoms with Gasteiger partial charge in [0.1, 0.15) is 0 Å². The fourth-order valence-corrected chi connectivity index (χ4v) is 5.57. The molecular formula is C5H11Cl3N2OP+. The number of hydrogen-bond acceptors (Lipinski definition) is 3. The van der Waals surface area contributed by atoms with Crippen molar-refractivity contribution in [3.8, 4) is 0 Å². The molecule has 0 bridgehead atoms. The summed E-state index contributed by atoms with van der Waals surface area (Å²) in [5.74, 6) is 0. The molecule has 7 heteroatoms. The highest BCUT2D eigenvalue weighted by molar-refractivity contribution is 7.73. The summed E-state index contributed by atoms with van der Waals surface area (Å²) in [4.78, 5) is 10.1. The third-order valence-corrected chi connectivity index (χ3v) is 7.07. The van der Waals surface area contributed by atoms with Crippen molar-refractivity contribution >= 4 is 42.6 Å². The van der Waals surface area contributed by atoms with Gasteiger partial charge in [-0.15, -0.1) is 9.34 Å². The summed E-state index contributed by atoms with van der Waals surface area (Å²) in [5.41, 5.74) is 0. The van der Waals surface area contributed by atoms with Crippen molar-refractivity contribution in [3.63, 3.8) is 0 Å². The fraction of sp³-hybridized carbons (Fsp3) is 1.00. The molecule has 1 aliphatic rings. The van der Waals surface area contributed by atoms with E-state index >= 15 is 0 Å². The number of likely N-dealkylation sites (N-methyl/N-ethyl adjacent to an activating group) is 2. The number of nitrogens with zero attached hydrogens (tertiary/aromatic N) is 2. The molecule has 0 aliphatic carbocycles. The highest BCUT2D eigenvalue weighted by Gasteiger charge is 2.66. The van der Waals surface area contributed by atoms with Crippen LogP contribution in [0.25, 0.3) is 0 Å². The lowest BCUT2D eigenvalue weighted by molar-refractivity contribution is 0.461. The van der Waals surface area contributed by atoms with Gasteiger partial charge in [-0.3, -0.25) is 0 Å². The van der Waals surface area contributed by atoms with Crippen LogP contribution in [-0.4, -0.2) is 45.0 Å². The molecule has 0 saturated carbocycles. The molecule has 1 saturated heterocycles. The second kappa shape index (κ2) is 3.39. The summed E-state index contributed by atoms with van der Waals surface area (Å²) in [7, 11) is 0.803. The zero-order valence-electron chi connectivity index (χ0n) is 6.84. The van der Waals surface area contributed by atoms with E-state index in [1.807, 2.05) is 0 Å². The predicted octanol–water partition coefficient (Wildman–Crippen LogP) is 1.95. The summed E-state index contributed by atoms with van der Waals surface area (Å²) in [6.45, 7) is 1.46. The minimum atomic E-state index is -2.72. The molecule has 0 atom stereocenters. The van der Waals surface area contributed by atoms with E-state index in [4.69, 9.17) is 34.8 Å². The molecular weight excluding hydrogens is 241 g/mol. The Kier molecular flexibility index (Phi) is 3.18. The van der Waals surface area contributed by atoms with Gasteiger partial charge in [0.25, 0.3) is 0 Å². The van der Waals surface area contributed by atoms with Crippen LogP contribution in [0, 0.1) is 0 Å². The monoisotopic (exact) mass is 251 g/mol. The Hall–Kier alpha value is 1.18. The summed E-state index contributed by atoms with van der Waals surface area (Å²) in [5, 5.41) is 0. The van der Waals surface area contributed by atoms with E-state index in [-0.39, 0.29) is 0 Å². The van der Waals surface area contributed by atoms with Gasteiger partial charge in [0.05, 0.1) is 13.1 Å². The topological polar surface area (TPSA) is 26.7 Å². The molecule has 0 radical (unpaired) electrons. The number of rotatable bonds is 0. The van der Waals surface area contributed by atoms with Crippen molar-refractivity contribution in [1.82, 2.24) is 9.34 Å². The van der Waals surface area contributed by atoms with Crippen LogP contribution in [0.5, 0.6) is 0 Å². The van der Waals surface area contributed by atoms with Gasteiger partial charge in [-0.05, 0) is 34.8 Å². The van der Waals surface area contributed by atoms with Gasteiger partial charge in [-0.2, -0.15) is 0 Å². The molecule has 0 aromatic rings. The second-order valence-corrected chi connectivity index (χ2v) is 9.04. The van der Waals surface area contributed by atoms with E-state index in [1.54, 1.807) is 23.4 Å². The molecule has 1 fully saturated rings. The van der Waals surface area contributed by atoms with Crippen LogP contribution in [-0.2, 0) is 0 Å². The van der Waals surface area contributed by atoms with Gasteiger partial charge in [0.2, 0.25) is 0 Å². The van der Waals surface area contributed by atoms with Crippen molar-refractivity contribution < 1.29 is 4.89 Å². The highest BCUT2D eigenvalue weighted by atomic mass is 35.6. The van der Waals surface area contributed by atoms with Crippen molar-refractivity contribution in [3.05, 3.63) is 0 Å². The first kappa shape index (κ1) is 11.3. The molecule has 1 heterocycles. The first-order valence-corrected chi connectivity index (χ1v) is 6.20. The van der Waals surface area contributed by atoms with Gasteiger partial charge in [-0.25, -0.2) is 4.89 Å². The van der Waals surface area contributed by atoms with E-state index < -0.39 is 11.3 Å². The zero-order chi connectivity index (χ0) is 9.57. The van der Waals surface area contributed by atoms with Gasteiger partial charge in [-0.1, -0.05) is 0 Å². The summed E-state index contributed by atoms with van der Waals surface area (Å²) in [6, 6.07) is 0. The van der Waals surface area contributed by atoms with Crippen LogP contribution >= 0.6 is 42.6 Å². The van der Waals surface area contributed by atoms with E-state index in [1.165, 1.54) is 0 Å². The first-order chi connectivity index (χ1) is 5.30. The lowest BCUT2D eigenvalue weighted by atomic mass is 10.6. The largest absolute Gasteiger partial charge is 0.360 e. The minimum absolute atomic E-state index is 0.731. The van der Waals surface area contributed by atoms with Crippen LogP contribution in [0.15, 0.2) is 0 Å². The second-order valence-electron chi connectivity index (χ2n) is 2.80. The van der Waals surface area contributed by atoms with E-state index in [2.05, 4.69) is 0 Å². The Morgan fingerprint density at radius 1 is 1.17 bits per heavy atom. The summed E-state index contributed by atoms with van der Waals surface area (Å²) in [6.07, 6.45) is 0. The van der Waals surface area contributed by atoms with Gasteiger partial charge in [0.15, 0.2) is 0 Å². The average Bonchev–Trinajstić information content (AvgIpc) is 2.16. The Morgan fingerprint density at radius 3 is 1.67 bits per heavy atom. The SMILES string of the molecule is CN1CCN(C)[P+]1(O)C(Cl)(Cl)Cl. The van der Waals surface area contributed by atoms with Crippen molar-refractivity contribution in [1.29, 1.82) is 0 Å². The van der Waals surface area contributed by atoms with Gasteiger partial charge >= 0.3 is 11.3 Å². The zero-order valence-corrected chi connectivity index (χ0v) is 10.00. The van der Waals surface area contributed by atoms with E-state index in [0.717, 1.165) is 13.1 Å². The molecule has 0 spiro atoms. The van der Waals surface area contributed by atoms with E-state index in [0.29, 0.717) is 0 Å². The molecule has 0 aromatic carbocycles. The third-order valence-electron chi connectivity index (χ3n) is 2.04. The Labute approximate surface area is 87.7 Å². The predicted molar refractivity (Wildman–Crippen MR) is 54.7 cm³/mol. The lowest BCUT2D eigenvalue weighted by Gasteiger charge is -2.29. The average molecular weight is 252 g/mol. The third kappa shape index (κ3) is 1.57. The maximum Gasteiger partial charge on any atom is 0.360 e. The fourth-order valence-electron chi connectivity index (χ4n) is 1.22. The molecule has 1 rings (SSSR count). The van der Waals surface area contributed by atoms with Gasteiger partial charge in [0, 0.05) is 14.1 Å². The number of hydrogen-bond donors (Lipinski definition) is 1. The van der Waals surface area contributed by atoms with Crippen LogP contribution in [0.3, 0.4) is 0 Å². The Balaban J connectivity index is 2.94. The van der Waals surface area contributed by atoms with Crippen LogP contribution < -0.4 is 0 Å². The van der Waals surface area contributed by atoms with Gasteiger partial charge < -0.3 is 0 Å². The molecule has 0 amide bonds. The lowest BCUT2D eigenvalue weighted by Crippen LogP contribution is -2.29. The quantitative estimate of drug-likeness (QED) is 0.527. The minimum Gasteiger partial charge on any atom is -0.209 e. The summed E-state index contributed by atoms with van der Waals surface area (Å²) >= 11 is 17.2. The number of halogens is 3. The van der Waals surface area contributed by atoms with Crippen LogP contribution in [0.1, 0.15) is 0 Å². The molecule has 1 N–H and O–H groups in total. The molecule has 0 aromatic heterocycles. The van der Waals surface area contributed by atoms with Crippen LogP contribution in [0.2, 0.25) is 0 Å². The maximum absolute atomic E-state index is 10.1.